The molecule has 4 heteroatoms. The van der Waals surface area contributed by atoms with Gasteiger partial charge < -0.3 is 9.44 Å². The maximum Gasteiger partial charge on any atom is 0.0838 e. The van der Waals surface area contributed by atoms with Crippen molar-refractivity contribution in [3.05, 3.63) is 9.75 Å². The van der Waals surface area contributed by atoms with Crippen LogP contribution in [0.25, 0.3) is 0 Å². The number of aryl methyl sites for hydroxylation is 2. The molecule has 0 radical (unpaired) electrons. The van der Waals surface area contributed by atoms with E-state index in [2.05, 4.69) is 23.3 Å². The third-order valence-electron chi connectivity index (χ3n) is 1.57. The highest BCUT2D eigenvalue weighted by atomic mass is 32.2. The van der Waals surface area contributed by atoms with Crippen molar-refractivity contribution in [2.75, 3.05) is 9.44 Å². The molecule has 1 aliphatic heterocycles. The van der Waals surface area contributed by atoms with Gasteiger partial charge in [-0.1, -0.05) is 0 Å². The second-order valence-corrected chi connectivity index (χ2v) is 4.31. The first-order chi connectivity index (χ1) is 4.79. The minimum atomic E-state index is 1.27. The van der Waals surface area contributed by atoms with E-state index < -0.39 is 0 Å². The minimum absolute atomic E-state index is 1.27. The first-order valence-electron chi connectivity index (χ1n) is 3.07. The number of nitrogens with one attached hydrogen (secondary N) is 2. The average Bonchev–Trinajstić information content (AvgIpc) is 2.39. The standard InChI is InChI=1S/C6H8N2S2/c1-3-5-6(4(2)9-3)8-10-7-5/h7-8H,1-2H3. The molecule has 0 bridgehead atoms. The van der Waals surface area contributed by atoms with Crippen LogP contribution in [0.3, 0.4) is 0 Å². The van der Waals surface area contributed by atoms with Gasteiger partial charge in [0.25, 0.3) is 0 Å². The summed E-state index contributed by atoms with van der Waals surface area (Å²) in [7, 11) is 0. The predicted molar refractivity (Wildman–Crippen MR) is 48.6 cm³/mol. The number of hydrogen-bond donors (Lipinski definition) is 2. The van der Waals surface area contributed by atoms with Crippen LogP contribution in [0.1, 0.15) is 9.75 Å². The number of anilines is 2. The fraction of sp³-hybridized carbons (Fsp3) is 0.333. The molecular weight excluding hydrogens is 164 g/mol. The Morgan fingerprint density at radius 2 is 1.50 bits per heavy atom. The molecule has 1 aromatic rings. The van der Waals surface area contributed by atoms with Crippen molar-refractivity contribution in [2.24, 2.45) is 0 Å². The third-order valence-corrected chi connectivity index (χ3v) is 3.20. The molecule has 0 fully saturated rings. The van der Waals surface area contributed by atoms with Crippen molar-refractivity contribution in [1.82, 2.24) is 0 Å². The van der Waals surface area contributed by atoms with Gasteiger partial charge in [-0.05, 0) is 13.8 Å². The highest BCUT2D eigenvalue weighted by Gasteiger charge is 2.17. The molecule has 2 N–H and O–H groups in total. The Kier molecular flexibility index (Phi) is 1.32. The zero-order valence-electron chi connectivity index (χ0n) is 5.82. The van der Waals surface area contributed by atoms with Crippen LogP contribution in [0.5, 0.6) is 0 Å². The molecule has 2 heterocycles. The second-order valence-electron chi connectivity index (χ2n) is 2.27. The van der Waals surface area contributed by atoms with Crippen LogP contribution in [0, 0.1) is 13.8 Å². The molecule has 0 atom stereocenters. The molecule has 0 saturated carbocycles. The lowest BCUT2D eigenvalue weighted by Crippen LogP contribution is -1.78. The first-order valence-corrected chi connectivity index (χ1v) is 4.70. The van der Waals surface area contributed by atoms with E-state index in [1.807, 2.05) is 11.3 Å². The summed E-state index contributed by atoms with van der Waals surface area (Å²) in [4.78, 5) is 2.73. The largest absolute Gasteiger partial charge is 0.309 e. The lowest BCUT2D eigenvalue weighted by atomic mass is 10.3. The molecule has 10 heavy (non-hydrogen) atoms. The smallest absolute Gasteiger partial charge is 0.0838 e. The highest BCUT2D eigenvalue weighted by molar-refractivity contribution is 8.02. The minimum Gasteiger partial charge on any atom is -0.309 e. The molecule has 1 aliphatic rings. The summed E-state index contributed by atoms with van der Waals surface area (Å²) in [5.41, 5.74) is 2.54. The summed E-state index contributed by atoms with van der Waals surface area (Å²) in [6, 6.07) is 0. The Bertz CT molecular complexity index is 242. The fourth-order valence-electron chi connectivity index (χ4n) is 1.06. The van der Waals surface area contributed by atoms with Gasteiger partial charge in [0.1, 0.15) is 0 Å². The summed E-state index contributed by atoms with van der Waals surface area (Å²) in [6.45, 7) is 4.27. The lowest BCUT2D eigenvalue weighted by molar-refractivity contribution is 1.61. The maximum absolute atomic E-state index is 3.21. The van der Waals surface area contributed by atoms with Crippen molar-refractivity contribution < 1.29 is 0 Å². The Morgan fingerprint density at radius 3 is 2.00 bits per heavy atom. The highest BCUT2D eigenvalue weighted by Crippen LogP contribution is 2.43. The van der Waals surface area contributed by atoms with Gasteiger partial charge in [0, 0.05) is 9.75 Å². The molecule has 0 saturated heterocycles. The van der Waals surface area contributed by atoms with Gasteiger partial charge in [-0.15, -0.1) is 11.3 Å². The molecule has 0 spiro atoms. The third kappa shape index (κ3) is 0.722. The molecule has 54 valence electrons. The number of fused-ring (bicyclic) bond motifs is 1. The van der Waals surface area contributed by atoms with Crippen LogP contribution < -0.4 is 9.44 Å². The van der Waals surface area contributed by atoms with Crippen LogP contribution in [0.15, 0.2) is 0 Å². The van der Waals surface area contributed by atoms with Crippen LogP contribution in [-0.2, 0) is 0 Å². The summed E-state index contributed by atoms with van der Waals surface area (Å²) >= 11 is 3.38. The Labute approximate surface area is 68.3 Å². The van der Waals surface area contributed by atoms with Crippen molar-refractivity contribution in [3.63, 3.8) is 0 Å². The van der Waals surface area contributed by atoms with Gasteiger partial charge >= 0.3 is 0 Å². The summed E-state index contributed by atoms with van der Waals surface area (Å²) in [5.74, 6) is 0. The zero-order chi connectivity index (χ0) is 7.14. The molecule has 0 amide bonds. The quantitative estimate of drug-likeness (QED) is 0.588. The molecule has 0 aromatic carbocycles. The van der Waals surface area contributed by atoms with E-state index in [1.165, 1.54) is 21.1 Å². The van der Waals surface area contributed by atoms with Crippen molar-refractivity contribution in [3.8, 4) is 0 Å². The van der Waals surface area contributed by atoms with E-state index in [0.717, 1.165) is 0 Å². The Morgan fingerprint density at radius 1 is 1.00 bits per heavy atom. The number of thiophene rings is 1. The van der Waals surface area contributed by atoms with Gasteiger partial charge in [0.2, 0.25) is 0 Å². The van der Waals surface area contributed by atoms with E-state index in [-0.39, 0.29) is 0 Å². The average molecular weight is 172 g/mol. The molecule has 1 aromatic heterocycles. The number of hydrogen-bond acceptors (Lipinski definition) is 4. The van der Waals surface area contributed by atoms with E-state index in [9.17, 15) is 0 Å². The molecular formula is C6H8N2S2. The lowest BCUT2D eigenvalue weighted by Gasteiger charge is -1.90. The molecule has 0 unspecified atom stereocenters. The zero-order valence-corrected chi connectivity index (χ0v) is 7.45. The van der Waals surface area contributed by atoms with Crippen LogP contribution in [0.4, 0.5) is 11.4 Å². The number of rotatable bonds is 0. The maximum atomic E-state index is 3.21. The van der Waals surface area contributed by atoms with E-state index in [4.69, 9.17) is 0 Å². The molecule has 0 aliphatic carbocycles. The summed E-state index contributed by atoms with van der Waals surface area (Å²) < 4.78 is 6.41. The van der Waals surface area contributed by atoms with Gasteiger partial charge in [0.05, 0.1) is 23.5 Å². The van der Waals surface area contributed by atoms with E-state index >= 15 is 0 Å². The van der Waals surface area contributed by atoms with Crippen LogP contribution >= 0.6 is 23.5 Å². The fourth-order valence-corrected chi connectivity index (χ4v) is 2.92. The monoisotopic (exact) mass is 172 g/mol. The van der Waals surface area contributed by atoms with E-state index in [1.54, 1.807) is 12.1 Å². The van der Waals surface area contributed by atoms with Gasteiger partial charge in [-0.25, -0.2) is 0 Å². The van der Waals surface area contributed by atoms with Crippen LogP contribution in [0.2, 0.25) is 0 Å². The Balaban J connectivity index is 2.61. The molecule has 2 rings (SSSR count). The van der Waals surface area contributed by atoms with Gasteiger partial charge in [0.15, 0.2) is 0 Å². The van der Waals surface area contributed by atoms with Crippen molar-refractivity contribution in [1.29, 1.82) is 0 Å². The van der Waals surface area contributed by atoms with Gasteiger partial charge in [-0.2, -0.15) is 0 Å². The van der Waals surface area contributed by atoms with Crippen LogP contribution in [-0.4, -0.2) is 0 Å². The normalized spacial score (nSPS) is 14.2. The SMILES string of the molecule is Cc1sc(C)c2c1NSN2. The molecule has 2 nitrogen and oxygen atoms in total. The predicted octanol–water partition coefficient (Wildman–Crippen LogP) is 2.77. The summed E-state index contributed by atoms with van der Waals surface area (Å²) in [5, 5.41) is 0. The topological polar surface area (TPSA) is 24.1 Å². The van der Waals surface area contributed by atoms with Crippen molar-refractivity contribution in [2.45, 2.75) is 13.8 Å². The van der Waals surface area contributed by atoms with Gasteiger partial charge in [-0.3, -0.25) is 0 Å². The summed E-state index contributed by atoms with van der Waals surface area (Å²) in [6.07, 6.45) is 0. The Hall–Kier alpha value is -0.350. The van der Waals surface area contributed by atoms with E-state index in [0.29, 0.717) is 0 Å². The first kappa shape index (κ1) is 6.37. The second kappa shape index (κ2) is 2.07. The van der Waals surface area contributed by atoms with Crippen molar-refractivity contribution >= 4 is 34.8 Å².